The molecule has 0 bridgehead atoms. The molecule has 2 heterocycles. The Balaban J connectivity index is 1.87. The van der Waals surface area contributed by atoms with Crippen molar-refractivity contribution in [3.8, 4) is 17.2 Å². The van der Waals surface area contributed by atoms with Crippen LogP contribution in [0.15, 0.2) is 36.5 Å². The number of anilines is 1. The predicted octanol–water partition coefficient (Wildman–Crippen LogP) is 3.42. The Morgan fingerprint density at radius 1 is 1.19 bits per heavy atom. The fraction of sp³-hybridized carbons (Fsp3) is 0.316. The van der Waals surface area contributed by atoms with Crippen molar-refractivity contribution >= 4 is 17.8 Å². The summed E-state index contributed by atoms with van der Waals surface area (Å²) in [6, 6.07) is 8.22. The van der Waals surface area contributed by atoms with E-state index in [0.29, 0.717) is 23.7 Å². The molecular formula is C19H21N3O4. The zero-order chi connectivity index (χ0) is 18.9. The van der Waals surface area contributed by atoms with Gasteiger partial charge in [-0.3, -0.25) is 4.79 Å². The number of ether oxygens (including phenoxy) is 2. The van der Waals surface area contributed by atoms with Crippen LogP contribution in [0, 0.1) is 6.92 Å². The lowest BCUT2D eigenvalue weighted by molar-refractivity contribution is -0.121. The number of imide groups is 1. The Labute approximate surface area is 151 Å². The monoisotopic (exact) mass is 355 g/mol. The molecule has 1 aliphatic rings. The molecule has 2 aromatic rings. The number of nitrogens with one attached hydrogen (secondary N) is 1. The number of hydrogen-bond acceptors (Lipinski definition) is 5. The van der Waals surface area contributed by atoms with Crippen LogP contribution in [0.1, 0.15) is 25.8 Å². The summed E-state index contributed by atoms with van der Waals surface area (Å²) in [6.07, 6.45) is 1.99. The van der Waals surface area contributed by atoms with Crippen molar-refractivity contribution in [1.29, 1.82) is 0 Å². The lowest BCUT2D eigenvalue weighted by atomic mass is 9.99. The van der Waals surface area contributed by atoms with Crippen LogP contribution in [0.3, 0.4) is 0 Å². The number of hydrogen-bond donors (Lipinski definition) is 1. The number of methoxy groups -OCH3 is 1. The molecule has 1 aromatic heterocycles. The Kier molecular flexibility index (Phi) is 4.54. The molecule has 1 N–H and O–H groups in total. The van der Waals surface area contributed by atoms with Crippen molar-refractivity contribution in [2.24, 2.45) is 0 Å². The number of aryl methyl sites for hydroxylation is 1. The molecule has 1 atom stereocenters. The maximum atomic E-state index is 12.6. The van der Waals surface area contributed by atoms with E-state index in [-0.39, 0.29) is 11.7 Å². The normalized spacial score (nSPS) is 19.5. The molecule has 7 heteroatoms. The zero-order valence-electron chi connectivity index (χ0n) is 15.2. The summed E-state index contributed by atoms with van der Waals surface area (Å²) in [5.41, 5.74) is 0.0772. The molecule has 0 spiro atoms. The summed E-state index contributed by atoms with van der Waals surface area (Å²) in [4.78, 5) is 30.1. The number of rotatable bonds is 5. The second kappa shape index (κ2) is 6.67. The molecule has 3 amide bonds. The topological polar surface area (TPSA) is 80.8 Å². The molecule has 0 aliphatic carbocycles. The molecule has 1 saturated heterocycles. The lowest BCUT2D eigenvalue weighted by Crippen LogP contribution is -2.43. The van der Waals surface area contributed by atoms with Crippen LogP contribution in [0.2, 0.25) is 0 Å². The highest BCUT2D eigenvalue weighted by Gasteiger charge is 2.47. The third-order valence-electron chi connectivity index (χ3n) is 4.53. The number of carbonyl (C=O) groups excluding carboxylic acids is 2. The first-order valence-corrected chi connectivity index (χ1v) is 8.33. The standard InChI is InChI=1S/C19H21N3O4/c1-5-19(3)17(23)22(18(24)21-19)16-11-14(8-9-20-16)26-13-7-6-12(2)15(10-13)25-4/h6-11H,5H2,1-4H3,(H,21,24)/t19-/m0/s1. The van der Waals surface area contributed by atoms with Crippen LogP contribution >= 0.6 is 0 Å². The summed E-state index contributed by atoms with van der Waals surface area (Å²) in [7, 11) is 1.60. The van der Waals surface area contributed by atoms with E-state index in [2.05, 4.69) is 10.3 Å². The second-order valence-electron chi connectivity index (χ2n) is 6.34. The van der Waals surface area contributed by atoms with Crippen molar-refractivity contribution in [3.05, 3.63) is 42.1 Å². The van der Waals surface area contributed by atoms with E-state index in [4.69, 9.17) is 9.47 Å². The number of amides is 3. The Bertz CT molecular complexity index is 868. The van der Waals surface area contributed by atoms with Gasteiger partial charge in [-0.05, 0) is 38.0 Å². The van der Waals surface area contributed by atoms with E-state index >= 15 is 0 Å². The molecule has 26 heavy (non-hydrogen) atoms. The van der Waals surface area contributed by atoms with Crippen LogP contribution in [-0.2, 0) is 4.79 Å². The molecule has 0 unspecified atom stereocenters. The number of carbonyl (C=O) groups is 2. The van der Waals surface area contributed by atoms with Crippen LogP contribution in [0.4, 0.5) is 10.6 Å². The molecule has 136 valence electrons. The SMILES string of the molecule is CC[C@]1(C)NC(=O)N(c2cc(Oc3ccc(C)c(OC)c3)ccn2)C1=O. The summed E-state index contributed by atoms with van der Waals surface area (Å²) >= 11 is 0. The second-order valence-corrected chi connectivity index (χ2v) is 6.34. The molecule has 1 fully saturated rings. The van der Waals surface area contributed by atoms with Crippen LogP contribution in [0.5, 0.6) is 17.2 Å². The van der Waals surface area contributed by atoms with E-state index in [1.54, 1.807) is 32.2 Å². The largest absolute Gasteiger partial charge is 0.496 e. The van der Waals surface area contributed by atoms with Crippen molar-refractivity contribution in [2.75, 3.05) is 12.0 Å². The minimum atomic E-state index is -0.917. The molecule has 1 aliphatic heterocycles. The fourth-order valence-electron chi connectivity index (χ4n) is 2.72. The third kappa shape index (κ3) is 3.08. The quantitative estimate of drug-likeness (QED) is 0.831. The van der Waals surface area contributed by atoms with E-state index in [1.807, 2.05) is 26.0 Å². The minimum Gasteiger partial charge on any atom is -0.496 e. The van der Waals surface area contributed by atoms with Gasteiger partial charge in [-0.15, -0.1) is 0 Å². The highest BCUT2D eigenvalue weighted by Crippen LogP contribution is 2.31. The maximum Gasteiger partial charge on any atom is 0.330 e. The predicted molar refractivity (Wildman–Crippen MR) is 96.8 cm³/mol. The number of aromatic nitrogens is 1. The first-order valence-electron chi connectivity index (χ1n) is 8.33. The van der Waals surface area contributed by atoms with E-state index in [1.165, 1.54) is 6.20 Å². The van der Waals surface area contributed by atoms with Gasteiger partial charge in [-0.25, -0.2) is 14.7 Å². The van der Waals surface area contributed by atoms with Crippen molar-refractivity contribution in [1.82, 2.24) is 10.3 Å². The number of pyridine rings is 1. The molecule has 7 nitrogen and oxygen atoms in total. The Hall–Kier alpha value is -3.09. The summed E-state index contributed by atoms with van der Waals surface area (Å²) in [5, 5.41) is 2.71. The van der Waals surface area contributed by atoms with Gasteiger partial charge in [0.2, 0.25) is 0 Å². The van der Waals surface area contributed by atoms with Gasteiger partial charge in [0.05, 0.1) is 7.11 Å². The summed E-state index contributed by atoms with van der Waals surface area (Å²) in [6.45, 7) is 5.49. The van der Waals surface area contributed by atoms with Gasteiger partial charge in [-0.1, -0.05) is 13.0 Å². The minimum absolute atomic E-state index is 0.223. The first kappa shape index (κ1) is 17.7. The maximum absolute atomic E-state index is 12.6. The van der Waals surface area contributed by atoms with Crippen molar-refractivity contribution < 1.29 is 19.1 Å². The summed E-state index contributed by atoms with van der Waals surface area (Å²) < 4.78 is 11.1. The third-order valence-corrected chi connectivity index (χ3v) is 4.53. The fourth-order valence-corrected chi connectivity index (χ4v) is 2.72. The number of nitrogens with zero attached hydrogens (tertiary/aromatic N) is 2. The first-order chi connectivity index (χ1) is 12.4. The summed E-state index contributed by atoms with van der Waals surface area (Å²) in [5.74, 6) is 1.66. The average Bonchev–Trinajstić information content (AvgIpc) is 2.86. The van der Waals surface area contributed by atoms with Gasteiger partial charge in [0.25, 0.3) is 5.91 Å². The lowest BCUT2D eigenvalue weighted by Gasteiger charge is -2.19. The highest BCUT2D eigenvalue weighted by atomic mass is 16.5. The molecule has 0 saturated carbocycles. The molecule has 1 aromatic carbocycles. The van der Waals surface area contributed by atoms with Gasteiger partial charge >= 0.3 is 6.03 Å². The van der Waals surface area contributed by atoms with E-state index in [9.17, 15) is 9.59 Å². The van der Waals surface area contributed by atoms with E-state index < -0.39 is 11.6 Å². The Morgan fingerprint density at radius 2 is 1.92 bits per heavy atom. The smallest absolute Gasteiger partial charge is 0.330 e. The van der Waals surface area contributed by atoms with Crippen LogP contribution in [0.25, 0.3) is 0 Å². The van der Waals surface area contributed by atoms with Gasteiger partial charge in [0.15, 0.2) is 0 Å². The number of urea groups is 1. The van der Waals surface area contributed by atoms with Gasteiger partial charge in [0, 0.05) is 18.3 Å². The molecular weight excluding hydrogens is 334 g/mol. The highest BCUT2D eigenvalue weighted by molar-refractivity contribution is 6.22. The number of benzene rings is 1. The van der Waals surface area contributed by atoms with E-state index in [0.717, 1.165) is 10.5 Å². The van der Waals surface area contributed by atoms with Crippen molar-refractivity contribution in [3.63, 3.8) is 0 Å². The molecule has 0 radical (unpaired) electrons. The van der Waals surface area contributed by atoms with Gasteiger partial charge < -0.3 is 14.8 Å². The van der Waals surface area contributed by atoms with Crippen molar-refractivity contribution in [2.45, 2.75) is 32.7 Å². The van der Waals surface area contributed by atoms with Gasteiger partial charge in [-0.2, -0.15) is 0 Å². The van der Waals surface area contributed by atoms with Gasteiger partial charge in [0.1, 0.15) is 28.6 Å². The average molecular weight is 355 g/mol. The van der Waals surface area contributed by atoms with Crippen LogP contribution < -0.4 is 19.7 Å². The van der Waals surface area contributed by atoms with Crippen LogP contribution in [-0.4, -0.2) is 29.6 Å². The molecule has 3 rings (SSSR count). The zero-order valence-corrected chi connectivity index (χ0v) is 15.2. The Morgan fingerprint density at radius 3 is 2.58 bits per heavy atom.